The normalized spacial score (nSPS) is 27.8. The molecule has 0 amide bonds. The molecule has 6 nitrogen and oxygen atoms in total. The lowest BCUT2D eigenvalue weighted by atomic mass is 10.0. The predicted molar refractivity (Wildman–Crippen MR) is 66.7 cm³/mol. The van der Waals surface area contributed by atoms with Crippen molar-refractivity contribution < 1.29 is 14.2 Å². The van der Waals surface area contributed by atoms with Crippen molar-refractivity contribution in [3.63, 3.8) is 0 Å². The Labute approximate surface area is 106 Å². The highest BCUT2D eigenvalue weighted by atomic mass is 16.5. The van der Waals surface area contributed by atoms with E-state index in [1.54, 1.807) is 0 Å². The molecule has 1 aliphatic heterocycles. The highest BCUT2D eigenvalue weighted by Gasteiger charge is 2.27. The number of nitrogens with zero attached hydrogens (tertiary/aromatic N) is 2. The molecule has 1 aromatic rings. The molecular formula is C12H19N3O3. The summed E-state index contributed by atoms with van der Waals surface area (Å²) in [5.41, 5.74) is 5.71. The van der Waals surface area contributed by atoms with E-state index in [-0.39, 0.29) is 24.1 Å². The van der Waals surface area contributed by atoms with Crippen LogP contribution in [0.1, 0.15) is 26.7 Å². The summed E-state index contributed by atoms with van der Waals surface area (Å²) in [6.45, 7) is 4.08. The molecule has 0 spiro atoms. The first kappa shape index (κ1) is 12.9. The van der Waals surface area contributed by atoms with E-state index in [2.05, 4.69) is 9.97 Å². The number of hydrogen-bond donors (Lipinski definition) is 1. The largest absolute Gasteiger partial charge is 0.489 e. The minimum Gasteiger partial charge on any atom is -0.489 e. The van der Waals surface area contributed by atoms with E-state index in [1.165, 1.54) is 13.4 Å². The fourth-order valence-corrected chi connectivity index (χ4v) is 2.24. The van der Waals surface area contributed by atoms with Gasteiger partial charge in [-0.1, -0.05) is 0 Å². The zero-order chi connectivity index (χ0) is 13.1. The molecule has 1 fully saturated rings. The Morgan fingerprint density at radius 3 is 2.56 bits per heavy atom. The third-order valence-electron chi connectivity index (χ3n) is 2.94. The first-order valence-electron chi connectivity index (χ1n) is 6.06. The lowest BCUT2D eigenvalue weighted by Crippen LogP contribution is -2.36. The minimum atomic E-state index is 0.0620. The molecule has 18 heavy (non-hydrogen) atoms. The lowest BCUT2D eigenvalue weighted by molar-refractivity contribution is -0.0733. The Kier molecular flexibility index (Phi) is 3.86. The number of anilines is 1. The molecule has 6 heteroatoms. The molecule has 0 radical (unpaired) electrons. The van der Waals surface area contributed by atoms with Crippen molar-refractivity contribution >= 4 is 5.82 Å². The van der Waals surface area contributed by atoms with Gasteiger partial charge in [0.15, 0.2) is 5.82 Å². The average molecular weight is 253 g/mol. The van der Waals surface area contributed by atoms with Crippen LogP contribution in [0.3, 0.4) is 0 Å². The molecule has 0 aliphatic carbocycles. The molecule has 2 unspecified atom stereocenters. The van der Waals surface area contributed by atoms with Crippen LogP contribution in [0.4, 0.5) is 5.82 Å². The molecule has 1 saturated heterocycles. The van der Waals surface area contributed by atoms with Gasteiger partial charge in [-0.05, 0) is 13.8 Å². The van der Waals surface area contributed by atoms with Gasteiger partial charge < -0.3 is 19.9 Å². The quantitative estimate of drug-likeness (QED) is 0.877. The second-order valence-electron chi connectivity index (χ2n) is 4.57. The van der Waals surface area contributed by atoms with Gasteiger partial charge in [-0.15, -0.1) is 0 Å². The van der Waals surface area contributed by atoms with Crippen molar-refractivity contribution in [1.29, 1.82) is 0 Å². The van der Waals surface area contributed by atoms with Crippen LogP contribution in [0.25, 0.3) is 0 Å². The van der Waals surface area contributed by atoms with Crippen LogP contribution in [0.15, 0.2) is 6.33 Å². The lowest BCUT2D eigenvalue weighted by Gasteiger charge is -2.32. The first-order chi connectivity index (χ1) is 8.60. The van der Waals surface area contributed by atoms with Gasteiger partial charge in [-0.3, -0.25) is 0 Å². The summed E-state index contributed by atoms with van der Waals surface area (Å²) in [5, 5.41) is 0. The van der Waals surface area contributed by atoms with Gasteiger partial charge >= 0.3 is 0 Å². The molecule has 0 saturated carbocycles. The number of nitrogens with two attached hydrogens (primary N) is 1. The number of methoxy groups -OCH3 is 1. The maximum Gasteiger partial charge on any atom is 0.262 e. The summed E-state index contributed by atoms with van der Waals surface area (Å²) in [6, 6.07) is 0. The molecule has 2 atom stereocenters. The highest BCUT2D eigenvalue weighted by Crippen LogP contribution is 2.32. The third-order valence-corrected chi connectivity index (χ3v) is 2.94. The van der Waals surface area contributed by atoms with E-state index >= 15 is 0 Å². The summed E-state index contributed by atoms with van der Waals surface area (Å²) < 4.78 is 16.7. The molecule has 100 valence electrons. The van der Waals surface area contributed by atoms with Crippen LogP contribution in [-0.4, -0.2) is 35.4 Å². The van der Waals surface area contributed by atoms with E-state index in [9.17, 15) is 0 Å². The minimum absolute atomic E-state index is 0.0620. The van der Waals surface area contributed by atoms with Gasteiger partial charge in [0.1, 0.15) is 12.4 Å². The maximum absolute atomic E-state index is 5.86. The number of rotatable bonds is 3. The molecule has 2 heterocycles. The summed E-state index contributed by atoms with van der Waals surface area (Å²) in [6.07, 6.45) is 3.47. The van der Waals surface area contributed by atoms with E-state index in [4.69, 9.17) is 19.9 Å². The summed E-state index contributed by atoms with van der Waals surface area (Å²) in [7, 11) is 1.52. The molecule has 0 aromatic carbocycles. The highest BCUT2D eigenvalue weighted by molar-refractivity contribution is 5.51. The molecule has 1 aliphatic rings. The average Bonchev–Trinajstić information content (AvgIpc) is 2.27. The van der Waals surface area contributed by atoms with E-state index in [0.29, 0.717) is 11.6 Å². The second-order valence-corrected chi connectivity index (χ2v) is 4.57. The van der Waals surface area contributed by atoms with Gasteiger partial charge in [0.25, 0.3) is 5.88 Å². The summed E-state index contributed by atoms with van der Waals surface area (Å²) in [5.74, 6) is 1.08. The van der Waals surface area contributed by atoms with E-state index < -0.39 is 0 Å². The second kappa shape index (κ2) is 5.39. The number of nitrogen functional groups attached to an aromatic ring is 1. The van der Waals surface area contributed by atoms with Crippen molar-refractivity contribution in [2.24, 2.45) is 0 Å². The van der Waals surface area contributed by atoms with E-state index in [0.717, 1.165) is 12.8 Å². The van der Waals surface area contributed by atoms with Crippen molar-refractivity contribution in [1.82, 2.24) is 9.97 Å². The van der Waals surface area contributed by atoms with Gasteiger partial charge in [0.05, 0.1) is 19.3 Å². The Morgan fingerprint density at radius 1 is 1.28 bits per heavy atom. The molecule has 0 bridgehead atoms. The fraction of sp³-hybridized carbons (Fsp3) is 0.667. The zero-order valence-electron chi connectivity index (χ0n) is 10.9. The van der Waals surface area contributed by atoms with Crippen molar-refractivity contribution in [3.8, 4) is 11.6 Å². The first-order valence-corrected chi connectivity index (χ1v) is 6.06. The smallest absolute Gasteiger partial charge is 0.262 e. The topological polar surface area (TPSA) is 79.5 Å². The Morgan fingerprint density at radius 2 is 1.94 bits per heavy atom. The van der Waals surface area contributed by atoms with Gasteiger partial charge in [0, 0.05) is 12.8 Å². The van der Waals surface area contributed by atoms with Crippen molar-refractivity contribution in [2.75, 3.05) is 12.8 Å². The maximum atomic E-state index is 5.86. The zero-order valence-corrected chi connectivity index (χ0v) is 10.9. The molecule has 1 aromatic heterocycles. The Hall–Kier alpha value is -1.56. The predicted octanol–water partition coefficient (Wildman–Crippen LogP) is 1.40. The summed E-state index contributed by atoms with van der Waals surface area (Å²) in [4.78, 5) is 7.95. The van der Waals surface area contributed by atoms with Crippen LogP contribution >= 0.6 is 0 Å². The van der Waals surface area contributed by atoms with Gasteiger partial charge in [0.2, 0.25) is 5.75 Å². The van der Waals surface area contributed by atoms with Crippen molar-refractivity contribution in [2.45, 2.75) is 45.0 Å². The number of aromatic nitrogens is 2. The van der Waals surface area contributed by atoms with Crippen LogP contribution < -0.4 is 15.2 Å². The fourth-order valence-electron chi connectivity index (χ4n) is 2.24. The Bertz CT molecular complexity index is 404. The third kappa shape index (κ3) is 2.81. The summed E-state index contributed by atoms with van der Waals surface area (Å²) >= 11 is 0. The number of ether oxygens (including phenoxy) is 3. The monoisotopic (exact) mass is 253 g/mol. The van der Waals surface area contributed by atoms with Crippen LogP contribution in [0.5, 0.6) is 11.6 Å². The van der Waals surface area contributed by atoms with Crippen LogP contribution in [0, 0.1) is 0 Å². The van der Waals surface area contributed by atoms with Crippen LogP contribution in [-0.2, 0) is 4.74 Å². The number of hydrogen-bond acceptors (Lipinski definition) is 6. The van der Waals surface area contributed by atoms with Gasteiger partial charge in [-0.2, -0.15) is 4.98 Å². The molecular weight excluding hydrogens is 234 g/mol. The SMILES string of the molecule is COc1c(N)ncnc1OC1CC(C)OC(C)C1. The molecule has 2 rings (SSSR count). The van der Waals surface area contributed by atoms with Crippen molar-refractivity contribution in [3.05, 3.63) is 6.33 Å². The van der Waals surface area contributed by atoms with Gasteiger partial charge in [-0.25, -0.2) is 4.98 Å². The Balaban J connectivity index is 2.11. The molecule has 2 N–H and O–H groups in total. The van der Waals surface area contributed by atoms with E-state index in [1.807, 2.05) is 13.8 Å². The van der Waals surface area contributed by atoms with Crippen LogP contribution in [0.2, 0.25) is 0 Å². The standard InChI is InChI=1S/C12H19N3O3/c1-7-4-9(5-8(2)17-7)18-12-10(16-3)11(13)14-6-15-12/h6-9H,4-5H2,1-3H3,(H2,13,14,15).